The van der Waals surface area contributed by atoms with Crippen molar-refractivity contribution in [3.63, 3.8) is 0 Å². The molecular weight excluding hydrogens is 827 g/mol. The van der Waals surface area contributed by atoms with Crippen molar-refractivity contribution in [2.75, 3.05) is 5.32 Å². The molecule has 10 rings (SSSR count). The standard InChI is InChI=1S/C65H69NS/c1-13-23-54-56(62(7,8)38-43(5)63(54,9)10)39-66-57-35-34-55-59(47-27-17-19-29-51(47)64(55,11)12)60(57)48-37-40(2)36-42(4)61(48)67-58-33-22-32-50(44(58)6)65(49-28-18-14-24-41(49)3)52-30-20-15-25-45(52)46-26-16-21-31-53(46)65/h13-14,17-20,22-24,26-37,39,43,66H,1,15-16,21,25,38H2,2-12H3/b54-23+,56-39+. The van der Waals surface area contributed by atoms with Gasteiger partial charge in [0, 0.05) is 32.7 Å². The van der Waals surface area contributed by atoms with Gasteiger partial charge in [-0.25, -0.2) is 0 Å². The van der Waals surface area contributed by atoms with Crippen LogP contribution in [0, 0.1) is 44.4 Å². The molecule has 1 N–H and O–H groups in total. The summed E-state index contributed by atoms with van der Waals surface area (Å²) in [4.78, 5) is 2.61. The molecule has 0 aromatic heterocycles. The van der Waals surface area contributed by atoms with Crippen molar-refractivity contribution in [3.8, 4) is 22.3 Å². The number of anilines is 1. The van der Waals surface area contributed by atoms with E-state index in [9.17, 15) is 0 Å². The second kappa shape index (κ2) is 16.6. The van der Waals surface area contributed by atoms with E-state index in [2.05, 4.69) is 216 Å². The smallest absolute Gasteiger partial charge is 0.0712 e. The maximum absolute atomic E-state index is 4.19. The Kier molecular flexibility index (Phi) is 11.2. The van der Waals surface area contributed by atoms with Crippen molar-refractivity contribution >= 4 is 17.4 Å². The van der Waals surface area contributed by atoms with Crippen LogP contribution < -0.4 is 5.32 Å². The first-order chi connectivity index (χ1) is 32.0. The molecule has 2 atom stereocenters. The van der Waals surface area contributed by atoms with E-state index in [0.29, 0.717) is 5.92 Å². The Labute approximate surface area is 406 Å². The van der Waals surface area contributed by atoms with E-state index in [4.69, 9.17) is 0 Å². The van der Waals surface area contributed by atoms with Gasteiger partial charge < -0.3 is 5.32 Å². The Morgan fingerprint density at radius 1 is 0.701 bits per heavy atom. The summed E-state index contributed by atoms with van der Waals surface area (Å²) in [5.74, 6) is 0.535. The lowest BCUT2D eigenvalue weighted by Crippen LogP contribution is -2.38. The average Bonchev–Trinajstić information content (AvgIpc) is 3.72. The van der Waals surface area contributed by atoms with Crippen LogP contribution in [-0.4, -0.2) is 0 Å². The predicted molar refractivity (Wildman–Crippen MR) is 288 cm³/mol. The van der Waals surface area contributed by atoms with Crippen molar-refractivity contribution < 1.29 is 0 Å². The van der Waals surface area contributed by atoms with E-state index in [1.807, 2.05) is 17.8 Å². The molecule has 0 radical (unpaired) electrons. The number of rotatable bonds is 8. The van der Waals surface area contributed by atoms with Crippen LogP contribution in [0.5, 0.6) is 0 Å². The summed E-state index contributed by atoms with van der Waals surface area (Å²) in [7, 11) is 0. The van der Waals surface area contributed by atoms with Crippen molar-refractivity contribution in [1.82, 2.24) is 0 Å². The molecule has 0 amide bonds. The fraction of sp³-hybridized carbons (Fsp3) is 0.323. The molecule has 1 nitrogen and oxygen atoms in total. The maximum Gasteiger partial charge on any atom is 0.0712 e. The third-order valence-corrected chi connectivity index (χ3v) is 18.2. The Hall–Kier alpha value is -5.57. The largest absolute Gasteiger partial charge is 0.361 e. The highest BCUT2D eigenvalue weighted by Gasteiger charge is 2.51. The summed E-state index contributed by atoms with van der Waals surface area (Å²) in [5.41, 5.74) is 25.4. The Morgan fingerprint density at radius 2 is 1.43 bits per heavy atom. The topological polar surface area (TPSA) is 12.0 Å². The van der Waals surface area contributed by atoms with Gasteiger partial charge in [0.2, 0.25) is 0 Å². The predicted octanol–water partition coefficient (Wildman–Crippen LogP) is 18.1. The number of aryl methyl sites for hydroxylation is 3. The molecule has 0 bridgehead atoms. The molecule has 0 spiro atoms. The van der Waals surface area contributed by atoms with Crippen molar-refractivity contribution in [2.45, 2.75) is 129 Å². The minimum absolute atomic E-state index is 0.0118. The van der Waals surface area contributed by atoms with E-state index < -0.39 is 0 Å². The van der Waals surface area contributed by atoms with Crippen LogP contribution in [0.4, 0.5) is 5.69 Å². The summed E-state index contributed by atoms with van der Waals surface area (Å²) in [6, 6.07) is 35.1. The molecule has 5 aliphatic carbocycles. The summed E-state index contributed by atoms with van der Waals surface area (Å²) < 4.78 is 0. The molecule has 2 heteroatoms. The molecule has 5 aromatic rings. The molecule has 67 heavy (non-hydrogen) atoms. The highest BCUT2D eigenvalue weighted by molar-refractivity contribution is 7.99. The van der Waals surface area contributed by atoms with Gasteiger partial charge in [0.05, 0.1) is 5.41 Å². The highest BCUT2D eigenvalue weighted by Crippen LogP contribution is 2.62. The normalized spacial score (nSPS) is 23.1. The summed E-state index contributed by atoms with van der Waals surface area (Å²) >= 11 is 1.96. The van der Waals surface area contributed by atoms with Gasteiger partial charge in [0.25, 0.3) is 0 Å². The highest BCUT2D eigenvalue weighted by atomic mass is 32.2. The molecule has 1 saturated carbocycles. The van der Waals surface area contributed by atoms with Crippen LogP contribution >= 0.6 is 11.8 Å². The van der Waals surface area contributed by atoms with Gasteiger partial charge in [-0.1, -0.05) is 188 Å². The van der Waals surface area contributed by atoms with Crippen molar-refractivity contribution in [1.29, 1.82) is 0 Å². The molecule has 1 fully saturated rings. The lowest BCUT2D eigenvalue weighted by molar-refractivity contribution is 0.171. The molecule has 0 heterocycles. The van der Waals surface area contributed by atoms with Crippen LogP contribution in [0.1, 0.15) is 125 Å². The average molecular weight is 896 g/mol. The van der Waals surface area contributed by atoms with E-state index in [0.717, 1.165) is 37.8 Å². The Morgan fingerprint density at radius 3 is 2.21 bits per heavy atom. The fourth-order valence-corrected chi connectivity index (χ4v) is 14.3. The number of fused-ring (bicyclic) bond motifs is 5. The summed E-state index contributed by atoms with van der Waals surface area (Å²) in [6.07, 6.45) is 22.1. The van der Waals surface area contributed by atoms with Crippen molar-refractivity contribution in [3.05, 3.63) is 218 Å². The van der Waals surface area contributed by atoms with E-state index in [-0.39, 0.29) is 21.7 Å². The minimum Gasteiger partial charge on any atom is -0.361 e. The first-order valence-corrected chi connectivity index (χ1v) is 25.7. The molecule has 0 saturated heterocycles. The second-order valence-corrected chi connectivity index (χ2v) is 23.1. The maximum atomic E-state index is 4.19. The zero-order valence-corrected chi connectivity index (χ0v) is 42.7. The molecule has 5 aliphatic rings. The van der Waals surface area contributed by atoms with Gasteiger partial charge in [-0.05, 0) is 178 Å². The van der Waals surface area contributed by atoms with Crippen LogP contribution in [0.2, 0.25) is 0 Å². The lowest BCUT2D eigenvalue weighted by atomic mass is 9.56. The number of allylic oxidation sites excluding steroid dienone is 12. The molecule has 5 aromatic carbocycles. The first kappa shape index (κ1) is 45.2. The van der Waals surface area contributed by atoms with Crippen molar-refractivity contribution in [2.24, 2.45) is 16.7 Å². The first-order valence-electron chi connectivity index (χ1n) is 24.9. The lowest BCUT2D eigenvalue weighted by Gasteiger charge is -2.48. The van der Waals surface area contributed by atoms with E-state index in [1.165, 1.54) is 104 Å². The fourth-order valence-electron chi connectivity index (χ4n) is 13.1. The van der Waals surface area contributed by atoms with Gasteiger partial charge in [0.1, 0.15) is 0 Å². The van der Waals surface area contributed by atoms with Gasteiger partial charge >= 0.3 is 0 Å². The quantitative estimate of drug-likeness (QED) is 0.167. The van der Waals surface area contributed by atoms with Crippen LogP contribution in [0.3, 0.4) is 0 Å². The molecule has 0 aliphatic heterocycles. The van der Waals surface area contributed by atoms with E-state index >= 15 is 0 Å². The van der Waals surface area contributed by atoms with Gasteiger partial charge in [-0.2, -0.15) is 0 Å². The monoisotopic (exact) mass is 896 g/mol. The van der Waals surface area contributed by atoms with Crippen LogP contribution in [0.25, 0.3) is 22.3 Å². The number of hydrogen-bond acceptors (Lipinski definition) is 2. The van der Waals surface area contributed by atoms with Gasteiger partial charge in [-0.3, -0.25) is 0 Å². The Bertz CT molecular complexity index is 3090. The zero-order valence-electron chi connectivity index (χ0n) is 41.9. The summed E-state index contributed by atoms with van der Waals surface area (Å²) in [6.45, 7) is 30.4. The number of nitrogens with one attached hydrogen (secondary N) is 1. The minimum atomic E-state index is -0.381. The molecule has 2 unspecified atom stereocenters. The number of benzene rings is 5. The molecular formula is C65H69NS. The third-order valence-electron chi connectivity index (χ3n) is 16.8. The second-order valence-electron chi connectivity index (χ2n) is 22.0. The SMILES string of the molecule is C=C/C=C1\C(=C/Nc2ccc3c(c2-c2cc(C)cc(C)c2Sc2cccc(C4(c5ccccc5C)C5=CCCC=C5C5=C4C=CCC5)c2C)-c2ccccc2C3(C)C)C(C)(C)CC(C)C1(C)C. The zero-order chi connectivity index (χ0) is 47.2. The summed E-state index contributed by atoms with van der Waals surface area (Å²) in [5, 5.41) is 4.07. The Balaban J connectivity index is 1.19. The van der Waals surface area contributed by atoms with Crippen LogP contribution in [0.15, 0.2) is 183 Å². The van der Waals surface area contributed by atoms with Gasteiger partial charge in [0.15, 0.2) is 0 Å². The van der Waals surface area contributed by atoms with Crippen LogP contribution in [-0.2, 0) is 10.8 Å². The van der Waals surface area contributed by atoms with Gasteiger partial charge in [-0.15, -0.1) is 0 Å². The third kappa shape index (κ3) is 6.94. The number of hydrogen-bond donors (Lipinski definition) is 1. The molecule has 340 valence electrons. The van der Waals surface area contributed by atoms with E-state index in [1.54, 1.807) is 5.57 Å².